The Morgan fingerprint density at radius 1 is 1.36 bits per heavy atom. The number of hydrogen-bond donors (Lipinski definition) is 2. The van der Waals surface area contributed by atoms with Crippen molar-refractivity contribution in [2.45, 2.75) is 6.54 Å². The van der Waals surface area contributed by atoms with Crippen LogP contribution in [0.3, 0.4) is 0 Å². The van der Waals surface area contributed by atoms with Crippen molar-refractivity contribution in [3.8, 4) is 0 Å². The van der Waals surface area contributed by atoms with Gasteiger partial charge in [0.2, 0.25) is 0 Å². The topological polar surface area (TPSA) is 47.3 Å². The van der Waals surface area contributed by atoms with Crippen molar-refractivity contribution in [1.29, 1.82) is 0 Å². The molecule has 1 aromatic rings. The molecule has 0 aliphatic rings. The van der Waals surface area contributed by atoms with E-state index >= 15 is 0 Å². The number of hydrogen-bond acceptors (Lipinski definition) is 3. The Hall–Kier alpha value is -1.06. The van der Waals surface area contributed by atoms with Crippen molar-refractivity contribution in [3.05, 3.63) is 29.8 Å². The first-order chi connectivity index (χ1) is 5.36. The van der Waals surface area contributed by atoms with Gasteiger partial charge >= 0.3 is 0 Å². The Morgan fingerprint density at radius 3 is 2.45 bits per heavy atom. The zero-order valence-electron chi connectivity index (χ0n) is 6.50. The SMILES string of the molecule is CONc1ccc(CN)cc1. The van der Waals surface area contributed by atoms with Gasteiger partial charge in [-0.3, -0.25) is 10.3 Å². The second-order valence-electron chi connectivity index (χ2n) is 2.21. The molecule has 0 aromatic heterocycles. The van der Waals surface area contributed by atoms with Gasteiger partial charge in [-0.1, -0.05) is 12.1 Å². The largest absolute Gasteiger partial charge is 0.326 e. The highest BCUT2D eigenvalue weighted by atomic mass is 16.6. The van der Waals surface area contributed by atoms with Crippen molar-refractivity contribution >= 4 is 5.69 Å². The average Bonchev–Trinajstić information content (AvgIpc) is 2.07. The quantitative estimate of drug-likeness (QED) is 0.638. The summed E-state index contributed by atoms with van der Waals surface area (Å²) in [6, 6.07) is 7.76. The minimum atomic E-state index is 0.577. The average molecular weight is 152 g/mol. The zero-order valence-corrected chi connectivity index (χ0v) is 6.50. The molecule has 0 aliphatic heterocycles. The first-order valence-corrected chi connectivity index (χ1v) is 3.45. The molecule has 0 amide bonds. The lowest BCUT2D eigenvalue weighted by atomic mass is 10.2. The summed E-state index contributed by atoms with van der Waals surface area (Å²) in [5, 5.41) is 0. The van der Waals surface area contributed by atoms with Crippen molar-refractivity contribution in [2.75, 3.05) is 12.6 Å². The predicted molar refractivity (Wildman–Crippen MR) is 45.0 cm³/mol. The fraction of sp³-hybridized carbons (Fsp3) is 0.250. The van der Waals surface area contributed by atoms with Crippen LogP contribution in [-0.2, 0) is 11.4 Å². The highest BCUT2D eigenvalue weighted by Gasteiger charge is 1.89. The molecule has 0 saturated carbocycles. The summed E-state index contributed by atoms with van der Waals surface area (Å²) >= 11 is 0. The van der Waals surface area contributed by atoms with E-state index in [-0.39, 0.29) is 0 Å². The maximum atomic E-state index is 5.42. The fourth-order valence-electron chi connectivity index (χ4n) is 0.827. The van der Waals surface area contributed by atoms with Gasteiger partial charge in [0.25, 0.3) is 0 Å². The van der Waals surface area contributed by atoms with Gasteiger partial charge < -0.3 is 5.73 Å². The second kappa shape index (κ2) is 3.95. The molecule has 1 aromatic carbocycles. The monoisotopic (exact) mass is 152 g/mol. The van der Waals surface area contributed by atoms with Crippen LogP contribution < -0.4 is 11.2 Å². The van der Waals surface area contributed by atoms with E-state index in [1.807, 2.05) is 24.3 Å². The summed E-state index contributed by atoms with van der Waals surface area (Å²) in [6.07, 6.45) is 0. The standard InChI is InChI=1S/C8H12N2O/c1-11-10-8-4-2-7(6-9)3-5-8/h2-5,10H,6,9H2,1H3. The number of nitrogens with one attached hydrogen (secondary N) is 1. The van der Waals surface area contributed by atoms with Gasteiger partial charge in [0.1, 0.15) is 0 Å². The van der Waals surface area contributed by atoms with Crippen LogP contribution in [0.25, 0.3) is 0 Å². The molecule has 3 heteroatoms. The minimum Gasteiger partial charge on any atom is -0.326 e. The number of anilines is 1. The molecule has 0 saturated heterocycles. The lowest BCUT2D eigenvalue weighted by Crippen LogP contribution is -1.98. The minimum absolute atomic E-state index is 0.577. The maximum absolute atomic E-state index is 5.42. The lowest BCUT2D eigenvalue weighted by Gasteiger charge is -2.02. The van der Waals surface area contributed by atoms with E-state index in [4.69, 9.17) is 10.6 Å². The van der Waals surface area contributed by atoms with E-state index in [9.17, 15) is 0 Å². The van der Waals surface area contributed by atoms with Gasteiger partial charge in [0, 0.05) is 6.54 Å². The van der Waals surface area contributed by atoms with Crippen LogP contribution in [0.4, 0.5) is 5.69 Å². The Morgan fingerprint density at radius 2 is 2.00 bits per heavy atom. The molecule has 0 bridgehead atoms. The van der Waals surface area contributed by atoms with Crippen LogP contribution in [0.2, 0.25) is 0 Å². The van der Waals surface area contributed by atoms with Gasteiger partial charge in [-0.2, -0.15) is 0 Å². The second-order valence-corrected chi connectivity index (χ2v) is 2.21. The third-order valence-electron chi connectivity index (χ3n) is 1.41. The molecule has 3 N–H and O–H groups in total. The summed E-state index contributed by atoms with van der Waals surface area (Å²) in [6.45, 7) is 0.577. The Kier molecular flexibility index (Phi) is 2.89. The summed E-state index contributed by atoms with van der Waals surface area (Å²) < 4.78 is 0. The van der Waals surface area contributed by atoms with E-state index < -0.39 is 0 Å². The van der Waals surface area contributed by atoms with Crippen LogP contribution in [0.5, 0.6) is 0 Å². The number of nitrogens with two attached hydrogens (primary N) is 1. The fourth-order valence-corrected chi connectivity index (χ4v) is 0.827. The van der Waals surface area contributed by atoms with Gasteiger partial charge in [-0.05, 0) is 17.7 Å². The molecular formula is C8H12N2O. The van der Waals surface area contributed by atoms with E-state index in [1.165, 1.54) is 0 Å². The molecule has 11 heavy (non-hydrogen) atoms. The molecule has 0 atom stereocenters. The van der Waals surface area contributed by atoms with Crippen molar-refractivity contribution in [1.82, 2.24) is 0 Å². The Bertz CT molecular complexity index is 208. The summed E-state index contributed by atoms with van der Waals surface area (Å²) in [5.41, 5.74) is 10.2. The van der Waals surface area contributed by atoms with Gasteiger partial charge in [0.15, 0.2) is 0 Å². The van der Waals surface area contributed by atoms with Gasteiger partial charge in [-0.25, -0.2) is 0 Å². The summed E-state index contributed by atoms with van der Waals surface area (Å²) in [7, 11) is 1.58. The summed E-state index contributed by atoms with van der Waals surface area (Å²) in [4.78, 5) is 4.72. The first kappa shape index (κ1) is 8.04. The van der Waals surface area contributed by atoms with Crippen LogP contribution in [0.15, 0.2) is 24.3 Å². The molecule has 0 spiro atoms. The summed E-state index contributed by atoms with van der Waals surface area (Å²) in [5.74, 6) is 0. The predicted octanol–water partition coefficient (Wildman–Crippen LogP) is 1.12. The smallest absolute Gasteiger partial charge is 0.0636 e. The van der Waals surface area contributed by atoms with Crippen molar-refractivity contribution in [2.24, 2.45) is 5.73 Å². The number of benzene rings is 1. The van der Waals surface area contributed by atoms with Crippen molar-refractivity contribution < 1.29 is 4.84 Å². The normalized spacial score (nSPS) is 9.64. The van der Waals surface area contributed by atoms with Crippen molar-refractivity contribution in [3.63, 3.8) is 0 Å². The molecule has 3 nitrogen and oxygen atoms in total. The van der Waals surface area contributed by atoms with Crippen LogP contribution in [0, 0.1) is 0 Å². The van der Waals surface area contributed by atoms with E-state index in [0.717, 1.165) is 11.3 Å². The van der Waals surface area contributed by atoms with Crippen LogP contribution >= 0.6 is 0 Å². The molecular weight excluding hydrogens is 140 g/mol. The number of rotatable bonds is 3. The molecule has 0 aliphatic carbocycles. The third-order valence-corrected chi connectivity index (χ3v) is 1.41. The van der Waals surface area contributed by atoms with Gasteiger partial charge in [-0.15, -0.1) is 0 Å². The third kappa shape index (κ3) is 2.22. The zero-order chi connectivity index (χ0) is 8.10. The molecule has 60 valence electrons. The van der Waals surface area contributed by atoms with E-state index in [2.05, 4.69) is 5.48 Å². The van der Waals surface area contributed by atoms with E-state index in [1.54, 1.807) is 7.11 Å². The molecule has 0 fully saturated rings. The Labute approximate surface area is 66.1 Å². The van der Waals surface area contributed by atoms with E-state index in [0.29, 0.717) is 6.54 Å². The molecule has 0 heterocycles. The highest BCUT2D eigenvalue weighted by molar-refractivity contribution is 5.42. The maximum Gasteiger partial charge on any atom is 0.0636 e. The highest BCUT2D eigenvalue weighted by Crippen LogP contribution is 2.08. The van der Waals surface area contributed by atoms with Gasteiger partial charge in [0.05, 0.1) is 12.8 Å². The van der Waals surface area contributed by atoms with Crippen LogP contribution in [-0.4, -0.2) is 7.11 Å². The molecule has 0 unspecified atom stereocenters. The molecule has 0 radical (unpaired) electrons. The Balaban J connectivity index is 2.66. The first-order valence-electron chi connectivity index (χ1n) is 3.45. The lowest BCUT2D eigenvalue weighted by molar-refractivity contribution is 0.271. The van der Waals surface area contributed by atoms with Crippen LogP contribution in [0.1, 0.15) is 5.56 Å². The molecule has 1 rings (SSSR count).